The van der Waals surface area contributed by atoms with Crippen molar-refractivity contribution in [1.29, 1.82) is 0 Å². The lowest BCUT2D eigenvalue weighted by Crippen LogP contribution is -2.34. The van der Waals surface area contributed by atoms with Gasteiger partial charge in [0.15, 0.2) is 0 Å². The normalized spacial score (nSPS) is 10.6. The van der Waals surface area contributed by atoms with Gasteiger partial charge >= 0.3 is 5.97 Å². The molecule has 3 aromatic rings. The summed E-state index contributed by atoms with van der Waals surface area (Å²) in [7, 11) is 0. The molecule has 9 heteroatoms. The molecule has 0 saturated heterocycles. The topological polar surface area (TPSA) is 96.9 Å². The summed E-state index contributed by atoms with van der Waals surface area (Å²) in [5, 5.41) is 6.64. The molecule has 162 valence electrons. The van der Waals surface area contributed by atoms with Crippen molar-refractivity contribution in [3.05, 3.63) is 100 Å². The van der Waals surface area contributed by atoms with Crippen LogP contribution in [0.1, 0.15) is 26.3 Å². The summed E-state index contributed by atoms with van der Waals surface area (Å²) in [4.78, 5) is 35.8. The first-order valence-electron chi connectivity index (χ1n) is 9.34. The summed E-state index contributed by atoms with van der Waals surface area (Å²) < 4.78 is 18.1. The number of rotatable bonds is 7. The maximum absolute atomic E-state index is 12.9. The Balaban J connectivity index is 1.45. The Hall–Kier alpha value is -4.04. The van der Waals surface area contributed by atoms with E-state index in [2.05, 4.69) is 15.8 Å². The molecule has 0 aliphatic carbocycles. The molecule has 3 rings (SSSR count). The number of ether oxygens (including phenoxy) is 1. The number of hydrogen-bond donors (Lipinski definition) is 2. The van der Waals surface area contributed by atoms with Crippen LogP contribution in [0.15, 0.2) is 77.9 Å². The zero-order valence-electron chi connectivity index (χ0n) is 16.5. The lowest BCUT2D eigenvalue weighted by molar-refractivity contribution is -0.120. The third-order valence-corrected chi connectivity index (χ3v) is 4.30. The van der Waals surface area contributed by atoms with Crippen molar-refractivity contribution in [3.63, 3.8) is 0 Å². The zero-order chi connectivity index (χ0) is 22.9. The summed E-state index contributed by atoms with van der Waals surface area (Å²) in [6.07, 6.45) is 1.39. The predicted octanol–water partition coefficient (Wildman–Crippen LogP) is 3.58. The van der Waals surface area contributed by atoms with Gasteiger partial charge in [0.1, 0.15) is 11.6 Å². The van der Waals surface area contributed by atoms with Gasteiger partial charge in [-0.3, -0.25) is 9.59 Å². The highest BCUT2D eigenvalue weighted by Crippen LogP contribution is 2.16. The molecule has 3 aromatic carbocycles. The third-order valence-electron chi connectivity index (χ3n) is 4.07. The van der Waals surface area contributed by atoms with Gasteiger partial charge in [0, 0.05) is 10.6 Å². The molecular weight excluding hydrogens is 437 g/mol. The lowest BCUT2D eigenvalue weighted by Gasteiger charge is -2.05. The summed E-state index contributed by atoms with van der Waals surface area (Å²) in [6.45, 7) is -0.300. The minimum atomic E-state index is -0.538. The largest absolute Gasteiger partial charge is 0.423 e. The van der Waals surface area contributed by atoms with Crippen molar-refractivity contribution in [2.24, 2.45) is 5.10 Å². The molecule has 2 N–H and O–H groups in total. The van der Waals surface area contributed by atoms with Crippen LogP contribution in [-0.4, -0.2) is 30.5 Å². The van der Waals surface area contributed by atoms with Gasteiger partial charge in [-0.2, -0.15) is 5.10 Å². The Morgan fingerprint density at radius 3 is 2.38 bits per heavy atom. The number of carbonyl (C=O) groups is 3. The Labute approximate surface area is 187 Å². The first kappa shape index (κ1) is 22.6. The van der Waals surface area contributed by atoms with Crippen LogP contribution in [0.4, 0.5) is 4.39 Å². The molecule has 0 bridgehead atoms. The molecular formula is C23H17ClFN3O4. The van der Waals surface area contributed by atoms with Crippen LogP contribution < -0.4 is 15.5 Å². The summed E-state index contributed by atoms with van der Waals surface area (Å²) in [5.41, 5.74) is 3.49. The van der Waals surface area contributed by atoms with Crippen molar-refractivity contribution in [2.75, 3.05) is 6.54 Å². The predicted molar refractivity (Wildman–Crippen MR) is 117 cm³/mol. The van der Waals surface area contributed by atoms with Crippen molar-refractivity contribution in [2.45, 2.75) is 0 Å². The van der Waals surface area contributed by atoms with E-state index in [1.807, 2.05) is 0 Å². The van der Waals surface area contributed by atoms with E-state index in [-0.39, 0.29) is 12.1 Å². The van der Waals surface area contributed by atoms with Gasteiger partial charge in [0.05, 0.1) is 18.3 Å². The Kier molecular flexibility index (Phi) is 7.66. The Bertz CT molecular complexity index is 1150. The highest BCUT2D eigenvalue weighted by molar-refractivity contribution is 6.30. The van der Waals surface area contributed by atoms with Gasteiger partial charge in [-0.1, -0.05) is 17.7 Å². The average molecular weight is 454 g/mol. The highest BCUT2D eigenvalue weighted by atomic mass is 35.5. The number of esters is 1. The summed E-state index contributed by atoms with van der Waals surface area (Å²) >= 11 is 5.87. The van der Waals surface area contributed by atoms with Crippen LogP contribution in [0.2, 0.25) is 5.02 Å². The van der Waals surface area contributed by atoms with Crippen LogP contribution in [-0.2, 0) is 4.79 Å². The van der Waals surface area contributed by atoms with Crippen LogP contribution >= 0.6 is 11.6 Å². The van der Waals surface area contributed by atoms with Gasteiger partial charge in [-0.25, -0.2) is 14.6 Å². The van der Waals surface area contributed by atoms with Crippen molar-refractivity contribution in [3.8, 4) is 5.75 Å². The van der Waals surface area contributed by atoms with Crippen molar-refractivity contribution >= 4 is 35.6 Å². The molecule has 0 aromatic heterocycles. The average Bonchev–Trinajstić information content (AvgIpc) is 2.79. The Morgan fingerprint density at radius 2 is 1.69 bits per heavy atom. The van der Waals surface area contributed by atoms with E-state index in [0.717, 1.165) is 12.1 Å². The highest BCUT2D eigenvalue weighted by Gasteiger charge is 2.09. The van der Waals surface area contributed by atoms with Crippen LogP contribution in [0.25, 0.3) is 0 Å². The SMILES string of the molecule is O=C(CNC(=O)c1ccc(F)cc1)N/N=C/c1ccc(OC(=O)c2cccc(Cl)c2)cc1. The van der Waals surface area contributed by atoms with Gasteiger partial charge in [0.25, 0.3) is 11.8 Å². The molecule has 0 radical (unpaired) electrons. The number of hydrazone groups is 1. The smallest absolute Gasteiger partial charge is 0.343 e. The fourth-order valence-corrected chi connectivity index (χ4v) is 2.68. The molecule has 32 heavy (non-hydrogen) atoms. The lowest BCUT2D eigenvalue weighted by atomic mass is 10.2. The van der Waals surface area contributed by atoms with Crippen LogP contribution in [0, 0.1) is 5.82 Å². The molecule has 0 atom stereocenters. The van der Waals surface area contributed by atoms with Crippen molar-refractivity contribution < 1.29 is 23.5 Å². The summed E-state index contributed by atoms with van der Waals surface area (Å²) in [6, 6.07) is 17.8. The zero-order valence-corrected chi connectivity index (χ0v) is 17.3. The second-order valence-electron chi connectivity index (χ2n) is 6.45. The molecule has 0 saturated carbocycles. The number of carbonyl (C=O) groups excluding carboxylic acids is 3. The van der Waals surface area contributed by atoms with E-state index in [0.29, 0.717) is 21.9 Å². The molecule has 0 heterocycles. The maximum Gasteiger partial charge on any atom is 0.343 e. The molecule has 7 nitrogen and oxygen atoms in total. The minimum Gasteiger partial charge on any atom is -0.423 e. The van der Waals surface area contributed by atoms with E-state index < -0.39 is 23.6 Å². The first-order chi connectivity index (χ1) is 15.4. The molecule has 0 aliphatic heterocycles. The van der Waals surface area contributed by atoms with Gasteiger partial charge < -0.3 is 10.1 Å². The number of benzene rings is 3. The fraction of sp³-hybridized carbons (Fsp3) is 0.0435. The first-order valence-corrected chi connectivity index (χ1v) is 9.72. The maximum atomic E-state index is 12.9. The second-order valence-corrected chi connectivity index (χ2v) is 6.89. The standard InChI is InChI=1S/C23H17ClFN3O4/c24-18-3-1-2-17(12-18)23(31)32-20-10-4-15(5-11-20)13-27-28-21(29)14-26-22(30)16-6-8-19(25)9-7-16/h1-13H,14H2,(H,26,30)(H,28,29)/b27-13+. The number of amides is 2. The van der Waals surface area contributed by atoms with E-state index in [4.69, 9.17) is 16.3 Å². The van der Waals surface area contributed by atoms with Gasteiger partial charge in [-0.15, -0.1) is 0 Å². The number of nitrogens with zero attached hydrogens (tertiary/aromatic N) is 1. The number of hydrogen-bond acceptors (Lipinski definition) is 5. The monoisotopic (exact) mass is 453 g/mol. The molecule has 0 aliphatic rings. The molecule has 2 amide bonds. The number of halogens is 2. The van der Waals surface area contributed by atoms with E-state index in [1.165, 1.54) is 24.4 Å². The molecule has 0 unspecified atom stereocenters. The second kappa shape index (κ2) is 10.8. The van der Waals surface area contributed by atoms with Gasteiger partial charge in [0.2, 0.25) is 0 Å². The van der Waals surface area contributed by atoms with Crippen LogP contribution in [0.3, 0.4) is 0 Å². The number of nitrogens with one attached hydrogen (secondary N) is 2. The molecule has 0 spiro atoms. The fourth-order valence-electron chi connectivity index (χ4n) is 2.49. The quantitative estimate of drug-likeness (QED) is 0.247. The minimum absolute atomic E-state index is 0.235. The van der Waals surface area contributed by atoms with Gasteiger partial charge in [-0.05, 0) is 72.3 Å². The van der Waals surface area contributed by atoms with Crippen LogP contribution in [0.5, 0.6) is 5.75 Å². The third kappa shape index (κ3) is 6.75. The van der Waals surface area contributed by atoms with E-state index in [9.17, 15) is 18.8 Å². The molecule has 0 fully saturated rings. The Morgan fingerprint density at radius 1 is 0.969 bits per heavy atom. The van der Waals surface area contributed by atoms with E-state index >= 15 is 0 Å². The van der Waals surface area contributed by atoms with Crippen molar-refractivity contribution in [1.82, 2.24) is 10.7 Å². The summed E-state index contributed by atoms with van der Waals surface area (Å²) in [5.74, 6) is -1.71. The van der Waals surface area contributed by atoms with E-state index in [1.54, 1.807) is 42.5 Å².